The van der Waals surface area contributed by atoms with Crippen molar-refractivity contribution in [2.75, 3.05) is 7.05 Å². The molecule has 0 spiro atoms. The minimum Gasteiger partial charge on any atom is -0.313 e. The van der Waals surface area contributed by atoms with Crippen LogP contribution in [0, 0.1) is 0 Å². The lowest BCUT2D eigenvalue weighted by Crippen LogP contribution is -2.16. The molecule has 2 heteroatoms. The Morgan fingerprint density at radius 3 is 2.94 bits per heavy atom. The Balaban J connectivity index is 2.38. The van der Waals surface area contributed by atoms with Crippen molar-refractivity contribution in [1.29, 1.82) is 0 Å². The van der Waals surface area contributed by atoms with Crippen LogP contribution in [0.2, 0.25) is 0 Å². The van der Waals surface area contributed by atoms with Crippen LogP contribution in [0.15, 0.2) is 36.7 Å². The number of fused-ring (bicyclic) bond motifs is 1. The Hall–Kier alpha value is -1.41. The molecule has 0 saturated carbocycles. The predicted octanol–water partition coefficient (Wildman–Crippen LogP) is 3.69. The van der Waals surface area contributed by atoms with Crippen molar-refractivity contribution in [3.63, 3.8) is 0 Å². The zero-order valence-electron chi connectivity index (χ0n) is 10.6. The molecular weight excluding hydrogens is 208 g/mol. The number of pyridine rings is 1. The first-order valence-electron chi connectivity index (χ1n) is 6.36. The molecule has 2 rings (SSSR count). The van der Waals surface area contributed by atoms with Gasteiger partial charge in [-0.3, -0.25) is 4.98 Å². The summed E-state index contributed by atoms with van der Waals surface area (Å²) in [6, 6.07) is 9.00. The summed E-state index contributed by atoms with van der Waals surface area (Å²) in [6.07, 6.45) is 7.50. The van der Waals surface area contributed by atoms with E-state index in [-0.39, 0.29) is 0 Å². The average molecular weight is 228 g/mol. The summed E-state index contributed by atoms with van der Waals surface area (Å²) >= 11 is 0. The molecule has 1 atom stereocenters. The Morgan fingerprint density at radius 2 is 2.18 bits per heavy atom. The van der Waals surface area contributed by atoms with Crippen LogP contribution >= 0.6 is 0 Å². The van der Waals surface area contributed by atoms with Gasteiger partial charge in [0.1, 0.15) is 0 Å². The van der Waals surface area contributed by atoms with Gasteiger partial charge >= 0.3 is 0 Å². The van der Waals surface area contributed by atoms with Gasteiger partial charge in [-0.2, -0.15) is 0 Å². The Kier molecular flexibility index (Phi) is 4.10. The third kappa shape index (κ3) is 2.64. The molecule has 0 aliphatic heterocycles. The molecule has 0 radical (unpaired) electrons. The number of hydrogen-bond donors (Lipinski definition) is 1. The van der Waals surface area contributed by atoms with Gasteiger partial charge in [0, 0.05) is 23.8 Å². The first-order chi connectivity index (χ1) is 8.36. The molecule has 1 N–H and O–H groups in total. The van der Waals surface area contributed by atoms with Gasteiger partial charge < -0.3 is 5.32 Å². The number of aromatic nitrogens is 1. The number of unbranched alkanes of at least 4 members (excludes halogenated alkanes) is 1. The van der Waals surface area contributed by atoms with E-state index in [9.17, 15) is 0 Å². The molecule has 2 nitrogen and oxygen atoms in total. The van der Waals surface area contributed by atoms with Crippen LogP contribution in [0.3, 0.4) is 0 Å². The first kappa shape index (κ1) is 12.1. The van der Waals surface area contributed by atoms with E-state index in [1.165, 1.54) is 35.6 Å². The minimum atomic E-state index is 0.433. The highest BCUT2D eigenvalue weighted by atomic mass is 14.9. The van der Waals surface area contributed by atoms with E-state index in [0.717, 1.165) is 0 Å². The lowest BCUT2D eigenvalue weighted by molar-refractivity contribution is 0.526. The predicted molar refractivity (Wildman–Crippen MR) is 73.1 cm³/mol. The summed E-state index contributed by atoms with van der Waals surface area (Å²) in [6.45, 7) is 2.23. The number of benzene rings is 1. The van der Waals surface area contributed by atoms with Gasteiger partial charge in [0.15, 0.2) is 0 Å². The summed E-state index contributed by atoms with van der Waals surface area (Å²) in [4.78, 5) is 4.24. The molecule has 0 saturated heterocycles. The Labute approximate surface area is 103 Å². The standard InChI is InChI=1S/C15H20N2/c1-3-4-8-15(16-2)13-7-5-6-12-9-10-17-11-14(12)13/h5-7,9-11,15-16H,3-4,8H2,1-2H3. The fourth-order valence-corrected chi connectivity index (χ4v) is 2.30. The molecule has 0 aliphatic rings. The second kappa shape index (κ2) is 5.78. The van der Waals surface area contributed by atoms with E-state index in [1.54, 1.807) is 0 Å². The monoisotopic (exact) mass is 228 g/mol. The summed E-state index contributed by atoms with van der Waals surface area (Å²) in [5.74, 6) is 0. The molecule has 17 heavy (non-hydrogen) atoms. The summed E-state index contributed by atoms with van der Waals surface area (Å²) in [5.41, 5.74) is 1.37. The van der Waals surface area contributed by atoms with Crippen LogP contribution in [-0.4, -0.2) is 12.0 Å². The summed E-state index contributed by atoms with van der Waals surface area (Å²) in [5, 5.41) is 5.96. The quantitative estimate of drug-likeness (QED) is 0.844. The third-order valence-corrected chi connectivity index (χ3v) is 3.29. The topological polar surface area (TPSA) is 24.9 Å². The number of hydrogen-bond acceptors (Lipinski definition) is 2. The van der Waals surface area contributed by atoms with Crippen molar-refractivity contribution in [3.05, 3.63) is 42.2 Å². The SMILES string of the molecule is CCCCC(NC)c1cccc2ccncc12. The van der Waals surface area contributed by atoms with Gasteiger partial charge in [-0.05, 0) is 30.5 Å². The molecule has 0 amide bonds. The van der Waals surface area contributed by atoms with Gasteiger partial charge in [-0.25, -0.2) is 0 Å². The third-order valence-electron chi connectivity index (χ3n) is 3.29. The second-order valence-corrected chi connectivity index (χ2v) is 4.43. The molecule has 1 aromatic carbocycles. The highest BCUT2D eigenvalue weighted by Gasteiger charge is 2.11. The molecule has 0 bridgehead atoms. The first-order valence-corrected chi connectivity index (χ1v) is 6.36. The van der Waals surface area contributed by atoms with Crippen molar-refractivity contribution in [2.45, 2.75) is 32.2 Å². The van der Waals surface area contributed by atoms with Gasteiger partial charge in [0.2, 0.25) is 0 Å². The van der Waals surface area contributed by atoms with Gasteiger partial charge in [0.05, 0.1) is 0 Å². The zero-order valence-corrected chi connectivity index (χ0v) is 10.6. The van der Waals surface area contributed by atoms with Crippen LogP contribution in [-0.2, 0) is 0 Å². The van der Waals surface area contributed by atoms with E-state index in [4.69, 9.17) is 0 Å². The minimum absolute atomic E-state index is 0.433. The van der Waals surface area contributed by atoms with Gasteiger partial charge in [-0.1, -0.05) is 38.0 Å². The lowest BCUT2D eigenvalue weighted by Gasteiger charge is -2.18. The number of rotatable bonds is 5. The van der Waals surface area contributed by atoms with E-state index in [2.05, 4.69) is 41.5 Å². The molecule has 0 aliphatic carbocycles. The summed E-state index contributed by atoms with van der Waals surface area (Å²) in [7, 11) is 2.04. The van der Waals surface area contributed by atoms with Crippen LogP contribution in [0.1, 0.15) is 37.8 Å². The maximum atomic E-state index is 4.24. The van der Waals surface area contributed by atoms with Gasteiger partial charge in [0.25, 0.3) is 0 Å². The van der Waals surface area contributed by atoms with Crippen molar-refractivity contribution >= 4 is 10.8 Å². The maximum Gasteiger partial charge on any atom is 0.0349 e. The molecular formula is C15H20N2. The highest BCUT2D eigenvalue weighted by Crippen LogP contribution is 2.26. The van der Waals surface area contributed by atoms with E-state index >= 15 is 0 Å². The number of nitrogens with one attached hydrogen (secondary N) is 1. The smallest absolute Gasteiger partial charge is 0.0349 e. The molecule has 2 aromatic rings. The molecule has 1 unspecified atom stereocenters. The van der Waals surface area contributed by atoms with Crippen LogP contribution in [0.25, 0.3) is 10.8 Å². The molecule has 0 fully saturated rings. The van der Waals surface area contributed by atoms with E-state index < -0.39 is 0 Å². The second-order valence-electron chi connectivity index (χ2n) is 4.43. The fraction of sp³-hybridized carbons (Fsp3) is 0.400. The summed E-state index contributed by atoms with van der Waals surface area (Å²) < 4.78 is 0. The molecule has 1 heterocycles. The van der Waals surface area contributed by atoms with Crippen LogP contribution < -0.4 is 5.32 Å². The lowest BCUT2D eigenvalue weighted by atomic mass is 9.96. The Morgan fingerprint density at radius 1 is 1.29 bits per heavy atom. The van der Waals surface area contributed by atoms with Gasteiger partial charge in [-0.15, -0.1) is 0 Å². The van der Waals surface area contributed by atoms with E-state index in [1.807, 2.05) is 19.4 Å². The highest BCUT2D eigenvalue weighted by molar-refractivity contribution is 5.85. The Bertz CT molecular complexity index is 474. The molecule has 90 valence electrons. The van der Waals surface area contributed by atoms with Crippen LogP contribution in [0.4, 0.5) is 0 Å². The van der Waals surface area contributed by atoms with E-state index in [0.29, 0.717) is 6.04 Å². The van der Waals surface area contributed by atoms with Crippen molar-refractivity contribution < 1.29 is 0 Å². The van der Waals surface area contributed by atoms with Crippen molar-refractivity contribution in [1.82, 2.24) is 10.3 Å². The van der Waals surface area contributed by atoms with Crippen LogP contribution in [0.5, 0.6) is 0 Å². The zero-order chi connectivity index (χ0) is 12.1. The number of nitrogens with zero attached hydrogens (tertiary/aromatic N) is 1. The fourth-order valence-electron chi connectivity index (χ4n) is 2.30. The van der Waals surface area contributed by atoms with Crippen molar-refractivity contribution in [2.24, 2.45) is 0 Å². The molecule has 1 aromatic heterocycles. The average Bonchev–Trinajstić information content (AvgIpc) is 2.40. The normalized spacial score (nSPS) is 12.8. The maximum absolute atomic E-state index is 4.24. The van der Waals surface area contributed by atoms with Crippen molar-refractivity contribution in [3.8, 4) is 0 Å². The largest absolute Gasteiger partial charge is 0.313 e.